The van der Waals surface area contributed by atoms with Crippen LogP contribution in [0, 0.1) is 10.4 Å². The Bertz CT molecular complexity index is 838. The zero-order valence-electron chi connectivity index (χ0n) is 9.60. The molecule has 1 aromatic carbocycles. The molecule has 0 bridgehead atoms. The minimum absolute atomic E-state index is 0.0181. The number of benzene rings is 1. The molecule has 0 aliphatic rings. The first-order chi connectivity index (χ1) is 9.69. The van der Waals surface area contributed by atoms with Gasteiger partial charge in [0.05, 0.1) is 28.9 Å². The van der Waals surface area contributed by atoms with Crippen LogP contribution in [-0.4, -0.2) is 25.3 Å². The van der Waals surface area contributed by atoms with Crippen molar-refractivity contribution in [2.45, 2.75) is 0 Å². The van der Waals surface area contributed by atoms with Crippen LogP contribution in [0.4, 0.5) is 5.69 Å². The third-order valence-electron chi connectivity index (χ3n) is 2.42. The molecule has 0 radical (unpaired) electrons. The molecular formula is C8H4N10O2. The molecule has 20 heavy (non-hydrogen) atoms. The van der Waals surface area contributed by atoms with Gasteiger partial charge in [0.1, 0.15) is 4.96 Å². The van der Waals surface area contributed by atoms with Crippen LogP contribution < -0.4 is 9.80 Å². The van der Waals surface area contributed by atoms with Crippen LogP contribution in [-0.2, 0) is 0 Å². The lowest BCUT2D eigenvalue weighted by Crippen LogP contribution is -2.50. The van der Waals surface area contributed by atoms with E-state index in [0.29, 0.717) is 0 Å². The van der Waals surface area contributed by atoms with Crippen LogP contribution in [0.15, 0.2) is 29.6 Å². The van der Waals surface area contributed by atoms with E-state index in [2.05, 4.69) is 30.5 Å². The van der Waals surface area contributed by atoms with Gasteiger partial charge in [-0.1, -0.05) is 5.11 Å². The maximum absolute atomic E-state index is 11.5. The monoisotopic (exact) mass is 272 g/mol. The molecule has 0 atom stereocenters. The van der Waals surface area contributed by atoms with E-state index in [1.165, 1.54) is 29.3 Å². The molecule has 3 rings (SSSR count). The molecule has 98 valence electrons. The molecule has 2 heterocycles. The predicted octanol–water partition coefficient (Wildman–Crippen LogP) is -0.581. The standard InChI is InChI=1S/C8H4N10O2/c9-14-12-5-3-8-6(13-18(20)15-17(8)19)4-7(5)16-10-1-2-11-16/h1-4H. The number of azide groups is 1. The van der Waals surface area contributed by atoms with E-state index in [0.717, 1.165) is 0 Å². The molecular weight excluding hydrogens is 268 g/mol. The molecule has 0 amide bonds. The topological polar surface area (TPSA) is 159 Å². The number of aromatic nitrogens is 7. The Morgan fingerprint density at radius 1 is 1.25 bits per heavy atom. The van der Waals surface area contributed by atoms with Gasteiger partial charge in [-0.05, 0) is 5.53 Å². The van der Waals surface area contributed by atoms with Gasteiger partial charge >= 0.3 is 5.21 Å². The highest BCUT2D eigenvalue weighted by Gasteiger charge is 2.18. The third kappa shape index (κ3) is 1.77. The van der Waals surface area contributed by atoms with Gasteiger partial charge in [0.15, 0.2) is 0 Å². The van der Waals surface area contributed by atoms with Gasteiger partial charge in [0, 0.05) is 21.9 Å². The van der Waals surface area contributed by atoms with E-state index in [1.54, 1.807) is 0 Å². The summed E-state index contributed by atoms with van der Waals surface area (Å²) in [6, 6.07) is 2.60. The van der Waals surface area contributed by atoms with Crippen molar-refractivity contribution in [3.8, 4) is 5.69 Å². The minimum atomic E-state index is -0.108. The van der Waals surface area contributed by atoms with Gasteiger partial charge < -0.3 is 10.4 Å². The summed E-state index contributed by atoms with van der Waals surface area (Å²) >= 11 is 0. The largest absolute Gasteiger partial charge is 0.590 e. The fourth-order valence-corrected chi connectivity index (χ4v) is 1.65. The lowest BCUT2D eigenvalue weighted by molar-refractivity contribution is -0.863. The minimum Gasteiger partial charge on any atom is -0.590 e. The van der Waals surface area contributed by atoms with Crippen molar-refractivity contribution in [3.63, 3.8) is 0 Å². The SMILES string of the molecule is [N-]=[N+]=Nc1cc2c(cc1-n1nccn1)n[n+]([O-])n[n+]2[O-]. The summed E-state index contributed by atoms with van der Waals surface area (Å²) in [5.41, 5.74) is 8.99. The number of hydrogen-bond acceptors (Lipinski definition) is 7. The molecule has 12 heteroatoms. The summed E-state index contributed by atoms with van der Waals surface area (Å²) in [4.78, 5) is 3.83. The van der Waals surface area contributed by atoms with Gasteiger partial charge in [-0.3, -0.25) is 0 Å². The third-order valence-corrected chi connectivity index (χ3v) is 2.42. The molecule has 0 unspecified atom stereocenters. The van der Waals surface area contributed by atoms with E-state index >= 15 is 0 Å². The smallest absolute Gasteiger partial charge is 0.326 e. The molecule has 0 N–H and O–H groups in total. The Hall–Kier alpha value is -3.53. The van der Waals surface area contributed by atoms with Crippen molar-refractivity contribution in [3.05, 3.63) is 45.4 Å². The number of nitrogens with zero attached hydrogens (tertiary/aromatic N) is 10. The average Bonchev–Trinajstić information content (AvgIpc) is 2.93. The molecule has 0 spiro atoms. The van der Waals surface area contributed by atoms with Gasteiger partial charge in [-0.15, -0.1) is 0 Å². The predicted molar refractivity (Wildman–Crippen MR) is 61.2 cm³/mol. The number of fused-ring (bicyclic) bond motifs is 1. The van der Waals surface area contributed by atoms with Crippen LogP contribution in [0.3, 0.4) is 0 Å². The summed E-state index contributed by atoms with van der Waals surface area (Å²) in [5.74, 6) is 0. The van der Waals surface area contributed by atoms with E-state index in [-0.39, 0.29) is 32.2 Å². The zero-order chi connectivity index (χ0) is 14.1. The zero-order valence-corrected chi connectivity index (χ0v) is 9.60. The summed E-state index contributed by atoms with van der Waals surface area (Å²) < 4.78 is 0. The number of rotatable bonds is 2. The van der Waals surface area contributed by atoms with Crippen molar-refractivity contribution >= 4 is 16.7 Å². The number of hydrogen-bond donors (Lipinski definition) is 0. The van der Waals surface area contributed by atoms with Gasteiger partial charge in [0.25, 0.3) is 5.52 Å². The summed E-state index contributed by atoms with van der Waals surface area (Å²) in [7, 11) is 0. The maximum atomic E-state index is 11.5. The van der Waals surface area contributed by atoms with Gasteiger partial charge in [0.2, 0.25) is 5.52 Å². The van der Waals surface area contributed by atoms with Crippen molar-refractivity contribution in [2.24, 2.45) is 5.11 Å². The van der Waals surface area contributed by atoms with Crippen molar-refractivity contribution in [2.75, 3.05) is 0 Å². The highest BCUT2D eigenvalue weighted by molar-refractivity contribution is 5.79. The highest BCUT2D eigenvalue weighted by atomic mass is 16.6. The molecule has 2 aromatic heterocycles. The second kappa shape index (κ2) is 4.29. The Labute approximate surface area is 109 Å². The lowest BCUT2D eigenvalue weighted by Gasteiger charge is -2.04. The summed E-state index contributed by atoms with van der Waals surface area (Å²) in [5, 5.41) is 40.4. The van der Waals surface area contributed by atoms with Crippen molar-refractivity contribution in [1.29, 1.82) is 0 Å². The van der Waals surface area contributed by atoms with E-state index in [4.69, 9.17) is 5.53 Å². The fraction of sp³-hybridized carbons (Fsp3) is 0. The quantitative estimate of drug-likeness (QED) is 0.199. The first kappa shape index (κ1) is 11.6. The van der Waals surface area contributed by atoms with Crippen molar-refractivity contribution in [1.82, 2.24) is 25.3 Å². The Morgan fingerprint density at radius 2 is 2.00 bits per heavy atom. The molecule has 3 aromatic rings. The van der Waals surface area contributed by atoms with E-state index in [1.807, 2.05) is 0 Å². The Balaban J connectivity index is 2.38. The van der Waals surface area contributed by atoms with Crippen LogP contribution >= 0.6 is 0 Å². The summed E-state index contributed by atoms with van der Waals surface area (Å²) in [6.45, 7) is 0. The molecule has 0 saturated carbocycles. The summed E-state index contributed by atoms with van der Waals surface area (Å²) in [6.07, 6.45) is 2.84. The Kier molecular flexibility index (Phi) is 2.48. The van der Waals surface area contributed by atoms with Gasteiger partial charge in [-0.2, -0.15) is 15.0 Å². The maximum Gasteiger partial charge on any atom is 0.326 e. The fourth-order valence-electron chi connectivity index (χ4n) is 1.65. The van der Waals surface area contributed by atoms with Crippen LogP contribution in [0.5, 0.6) is 0 Å². The molecule has 0 fully saturated rings. The first-order valence-electron chi connectivity index (χ1n) is 5.16. The lowest BCUT2D eigenvalue weighted by atomic mass is 10.2. The molecule has 0 aliphatic carbocycles. The van der Waals surface area contributed by atoms with Crippen molar-refractivity contribution < 1.29 is 9.80 Å². The van der Waals surface area contributed by atoms with Crippen LogP contribution in [0.25, 0.3) is 27.2 Å². The van der Waals surface area contributed by atoms with Crippen LogP contribution in [0.1, 0.15) is 0 Å². The van der Waals surface area contributed by atoms with Crippen LogP contribution in [0.2, 0.25) is 0 Å². The average molecular weight is 272 g/mol. The van der Waals surface area contributed by atoms with E-state index in [9.17, 15) is 10.4 Å². The molecule has 0 aliphatic heterocycles. The second-order valence-corrected chi connectivity index (χ2v) is 3.55. The second-order valence-electron chi connectivity index (χ2n) is 3.55. The molecule has 12 nitrogen and oxygen atoms in total. The highest BCUT2D eigenvalue weighted by Crippen LogP contribution is 2.25. The first-order valence-corrected chi connectivity index (χ1v) is 5.16. The normalized spacial score (nSPS) is 10.4. The van der Waals surface area contributed by atoms with Gasteiger partial charge in [-0.25, -0.2) is 0 Å². The van der Waals surface area contributed by atoms with E-state index < -0.39 is 0 Å². The Morgan fingerprint density at radius 3 is 2.70 bits per heavy atom. The molecule has 0 saturated heterocycles.